The van der Waals surface area contributed by atoms with Gasteiger partial charge in [0.05, 0.1) is 21.3 Å². The molecule has 0 atom stereocenters. The molecule has 2 nitrogen and oxygen atoms in total. The lowest BCUT2D eigenvalue weighted by molar-refractivity contribution is 1.40. The van der Waals surface area contributed by atoms with E-state index in [4.69, 9.17) is 0 Å². The Hall–Kier alpha value is -1.74. The number of pyridine rings is 2. The van der Waals surface area contributed by atoms with E-state index in [1.165, 1.54) is 10.7 Å². The van der Waals surface area contributed by atoms with E-state index >= 15 is 0 Å². The number of aromatic nitrogens is 2. The molecule has 2 heterocycles. The smallest absolute Gasteiger partial charge is 0.0964 e. The molecule has 0 saturated carbocycles. The molecule has 0 spiro atoms. The molecule has 72 valence electrons. The minimum Gasteiger partial charge on any atom is -0.256 e. The van der Waals surface area contributed by atoms with E-state index in [0.717, 1.165) is 26.7 Å². The lowest BCUT2D eigenvalue weighted by Gasteiger charge is -2.02. The third kappa shape index (κ3) is 1.32. The lowest BCUT2D eigenvalue weighted by Crippen LogP contribution is -2.06. The average Bonchev–Trinajstić information content (AvgIpc) is 2.29. The van der Waals surface area contributed by atoms with Crippen LogP contribution in [0, 0.1) is 0 Å². The van der Waals surface area contributed by atoms with Crippen LogP contribution in [0.1, 0.15) is 0 Å². The van der Waals surface area contributed by atoms with Crippen molar-refractivity contribution in [3.63, 3.8) is 0 Å². The zero-order valence-electron chi connectivity index (χ0n) is 8.44. The average molecular weight is 210 g/mol. The fourth-order valence-corrected chi connectivity index (χ4v) is 2.21. The van der Waals surface area contributed by atoms with Gasteiger partial charge in [-0.2, -0.15) is 0 Å². The Balaban J connectivity index is 2.57. The minimum absolute atomic E-state index is 0.980. The monoisotopic (exact) mass is 210 g/mol. The molecule has 0 unspecified atom stereocenters. The van der Waals surface area contributed by atoms with Gasteiger partial charge in [-0.3, -0.25) is 9.97 Å². The minimum atomic E-state index is 0.980. The molecule has 3 aromatic rings. The van der Waals surface area contributed by atoms with Gasteiger partial charge in [0.25, 0.3) is 0 Å². The van der Waals surface area contributed by atoms with Crippen molar-refractivity contribution in [2.24, 2.45) is 0 Å². The lowest BCUT2D eigenvalue weighted by atomic mass is 10.1. The maximum absolute atomic E-state index is 4.60. The summed E-state index contributed by atoms with van der Waals surface area (Å²) >= 11 is 0. The van der Waals surface area contributed by atoms with Crippen LogP contribution in [-0.2, 0) is 0 Å². The Morgan fingerprint density at radius 3 is 2.47 bits per heavy atom. The van der Waals surface area contributed by atoms with Gasteiger partial charge in [0.15, 0.2) is 0 Å². The number of hydrogen-bond acceptors (Lipinski definition) is 2. The first-order valence-electron chi connectivity index (χ1n) is 4.96. The standard InChI is InChI=1S/C12H10N2Si/c15-10-6-5-9-4-3-8-2-1-7-13-11(8)12(9)14-10/h1-7H,15H3. The second-order valence-corrected chi connectivity index (χ2v) is 4.69. The van der Waals surface area contributed by atoms with Crippen LogP contribution >= 0.6 is 0 Å². The summed E-state index contributed by atoms with van der Waals surface area (Å²) in [7, 11) is 0.980. The number of nitrogens with zero attached hydrogens (tertiary/aromatic N) is 2. The van der Waals surface area contributed by atoms with Crippen molar-refractivity contribution in [3.05, 3.63) is 42.6 Å². The summed E-state index contributed by atoms with van der Waals surface area (Å²) in [5.74, 6) is 0. The summed E-state index contributed by atoms with van der Waals surface area (Å²) in [5, 5.41) is 3.49. The first kappa shape index (κ1) is 8.56. The first-order chi connectivity index (χ1) is 7.34. The predicted octanol–water partition coefficient (Wildman–Crippen LogP) is 0.774. The van der Waals surface area contributed by atoms with Crippen LogP contribution in [0.2, 0.25) is 0 Å². The van der Waals surface area contributed by atoms with Gasteiger partial charge in [-0.15, -0.1) is 0 Å². The van der Waals surface area contributed by atoms with Gasteiger partial charge in [0, 0.05) is 22.3 Å². The summed E-state index contributed by atoms with van der Waals surface area (Å²) in [6, 6.07) is 12.4. The van der Waals surface area contributed by atoms with E-state index in [1.54, 1.807) is 0 Å². The van der Waals surface area contributed by atoms with Crippen LogP contribution in [0.4, 0.5) is 0 Å². The molecule has 0 bridgehead atoms. The zero-order chi connectivity index (χ0) is 10.3. The van der Waals surface area contributed by atoms with Gasteiger partial charge in [0.1, 0.15) is 0 Å². The van der Waals surface area contributed by atoms with Crippen LogP contribution in [0.3, 0.4) is 0 Å². The van der Waals surface area contributed by atoms with Crippen molar-refractivity contribution in [1.29, 1.82) is 0 Å². The molecule has 0 fully saturated rings. The highest BCUT2D eigenvalue weighted by Gasteiger charge is 2.01. The predicted molar refractivity (Wildman–Crippen MR) is 66.6 cm³/mol. The Labute approximate surface area is 90.4 Å². The highest BCUT2D eigenvalue weighted by molar-refractivity contribution is 6.31. The molecule has 15 heavy (non-hydrogen) atoms. The molecule has 0 radical (unpaired) electrons. The summed E-state index contributed by atoms with van der Waals surface area (Å²) in [5.41, 5.74) is 2.04. The van der Waals surface area contributed by atoms with Crippen molar-refractivity contribution >= 4 is 37.4 Å². The van der Waals surface area contributed by atoms with Crippen LogP contribution in [-0.4, -0.2) is 20.2 Å². The highest BCUT2D eigenvalue weighted by Crippen LogP contribution is 2.20. The molecule has 0 aliphatic carbocycles. The fourth-order valence-electron chi connectivity index (χ4n) is 1.82. The topological polar surface area (TPSA) is 25.8 Å². The van der Waals surface area contributed by atoms with Crippen LogP contribution in [0.5, 0.6) is 0 Å². The number of fused-ring (bicyclic) bond motifs is 3. The Morgan fingerprint density at radius 2 is 1.60 bits per heavy atom. The number of benzene rings is 1. The van der Waals surface area contributed by atoms with Crippen molar-refractivity contribution in [3.8, 4) is 0 Å². The van der Waals surface area contributed by atoms with E-state index in [9.17, 15) is 0 Å². The number of rotatable bonds is 0. The number of hydrogen-bond donors (Lipinski definition) is 0. The molecule has 0 aliphatic heterocycles. The van der Waals surface area contributed by atoms with Gasteiger partial charge in [-0.05, 0) is 12.1 Å². The van der Waals surface area contributed by atoms with E-state index in [-0.39, 0.29) is 0 Å². The van der Waals surface area contributed by atoms with Crippen molar-refractivity contribution in [2.75, 3.05) is 0 Å². The zero-order valence-corrected chi connectivity index (χ0v) is 10.4. The van der Waals surface area contributed by atoms with Crippen LogP contribution in [0.15, 0.2) is 42.6 Å². The summed E-state index contributed by atoms with van der Waals surface area (Å²) < 4.78 is 0. The summed E-state index contributed by atoms with van der Waals surface area (Å²) in [4.78, 5) is 9.01. The third-order valence-corrected chi connectivity index (χ3v) is 3.13. The summed E-state index contributed by atoms with van der Waals surface area (Å²) in [6.45, 7) is 0. The maximum atomic E-state index is 4.60. The van der Waals surface area contributed by atoms with Crippen molar-refractivity contribution < 1.29 is 0 Å². The molecular formula is C12H10N2Si. The molecule has 0 saturated heterocycles. The first-order valence-corrected chi connectivity index (χ1v) is 5.96. The maximum Gasteiger partial charge on any atom is 0.0964 e. The van der Waals surface area contributed by atoms with Crippen LogP contribution in [0.25, 0.3) is 21.8 Å². The SMILES string of the molecule is [SiH3]c1ccc2ccc3cccnc3c2n1. The van der Waals surface area contributed by atoms with Crippen molar-refractivity contribution in [2.45, 2.75) is 0 Å². The molecule has 0 amide bonds. The van der Waals surface area contributed by atoms with E-state index in [2.05, 4.69) is 40.3 Å². The molecular weight excluding hydrogens is 200 g/mol. The quantitative estimate of drug-likeness (QED) is 0.405. The second-order valence-electron chi connectivity index (χ2n) is 3.67. The molecule has 3 heteroatoms. The normalized spacial score (nSPS) is 11.2. The second kappa shape index (κ2) is 3.14. The van der Waals surface area contributed by atoms with Crippen LogP contribution < -0.4 is 5.32 Å². The van der Waals surface area contributed by atoms with E-state index in [1.807, 2.05) is 12.3 Å². The van der Waals surface area contributed by atoms with Crippen molar-refractivity contribution in [1.82, 2.24) is 9.97 Å². The van der Waals surface area contributed by atoms with Gasteiger partial charge >= 0.3 is 0 Å². The molecule has 3 rings (SSSR count). The Morgan fingerprint density at radius 1 is 0.867 bits per heavy atom. The molecule has 1 aromatic carbocycles. The van der Waals surface area contributed by atoms with Gasteiger partial charge in [0.2, 0.25) is 0 Å². The third-order valence-electron chi connectivity index (χ3n) is 2.57. The summed E-state index contributed by atoms with van der Waals surface area (Å²) in [6.07, 6.45) is 1.82. The Bertz CT molecular complexity index is 649. The Kier molecular flexibility index (Phi) is 1.79. The van der Waals surface area contributed by atoms with Gasteiger partial charge < -0.3 is 0 Å². The van der Waals surface area contributed by atoms with E-state index < -0.39 is 0 Å². The molecule has 2 aromatic heterocycles. The molecule has 0 aliphatic rings. The highest BCUT2D eigenvalue weighted by atomic mass is 28.1. The van der Waals surface area contributed by atoms with Gasteiger partial charge in [-0.1, -0.05) is 24.3 Å². The molecule has 0 N–H and O–H groups in total. The van der Waals surface area contributed by atoms with E-state index in [0.29, 0.717) is 0 Å². The largest absolute Gasteiger partial charge is 0.256 e. The fraction of sp³-hybridized carbons (Fsp3) is 0. The van der Waals surface area contributed by atoms with Gasteiger partial charge in [-0.25, -0.2) is 0 Å².